The van der Waals surface area contributed by atoms with Crippen molar-refractivity contribution in [3.63, 3.8) is 0 Å². The second kappa shape index (κ2) is 8.45. The molecule has 0 atom stereocenters. The van der Waals surface area contributed by atoms with Crippen molar-refractivity contribution in [2.45, 2.75) is 38.5 Å². The first kappa shape index (κ1) is 20.8. The molecule has 4 nitrogen and oxygen atoms in total. The van der Waals surface area contributed by atoms with E-state index in [1.54, 1.807) is 12.1 Å². The van der Waals surface area contributed by atoms with Crippen molar-refractivity contribution in [3.8, 4) is 5.88 Å². The van der Waals surface area contributed by atoms with Crippen LogP contribution in [0.3, 0.4) is 0 Å². The Hall–Kier alpha value is -2.52. The Morgan fingerprint density at radius 3 is 2.26 bits per heavy atom. The molecule has 1 aromatic carbocycles. The summed E-state index contributed by atoms with van der Waals surface area (Å²) < 4.78 is 79.8. The van der Waals surface area contributed by atoms with Crippen LogP contribution in [0.15, 0.2) is 30.5 Å². The van der Waals surface area contributed by atoms with Crippen LogP contribution in [-0.2, 0) is 12.6 Å². The van der Waals surface area contributed by atoms with E-state index >= 15 is 0 Å². The highest BCUT2D eigenvalue weighted by Crippen LogP contribution is 2.36. The third-order valence-electron chi connectivity index (χ3n) is 3.46. The van der Waals surface area contributed by atoms with Gasteiger partial charge in [0.15, 0.2) is 6.61 Å². The summed E-state index contributed by atoms with van der Waals surface area (Å²) in [5.74, 6) is -1.49. The van der Waals surface area contributed by atoms with Crippen LogP contribution in [0, 0.1) is 0 Å². The van der Waals surface area contributed by atoms with Gasteiger partial charge in [-0.1, -0.05) is 25.5 Å². The lowest BCUT2D eigenvalue weighted by Crippen LogP contribution is -2.22. The third-order valence-corrected chi connectivity index (χ3v) is 3.46. The number of nitrogens with one attached hydrogen (secondary N) is 1. The summed E-state index contributed by atoms with van der Waals surface area (Å²) in [5.41, 5.74) is 0.0916. The van der Waals surface area contributed by atoms with Crippen molar-refractivity contribution in [1.29, 1.82) is 0 Å². The van der Waals surface area contributed by atoms with Gasteiger partial charge < -0.3 is 10.1 Å². The number of hydrogen-bond acceptors (Lipinski definition) is 4. The molecule has 10 heteroatoms. The molecule has 0 fully saturated rings. The lowest BCUT2D eigenvalue weighted by Gasteiger charge is -2.15. The largest absolute Gasteiger partial charge is 0.467 e. The molecule has 0 aliphatic carbocycles. The van der Waals surface area contributed by atoms with Crippen molar-refractivity contribution in [2.24, 2.45) is 0 Å². The zero-order valence-electron chi connectivity index (χ0n) is 14.3. The zero-order valence-corrected chi connectivity index (χ0v) is 14.3. The van der Waals surface area contributed by atoms with E-state index in [-0.39, 0.29) is 5.95 Å². The minimum Gasteiger partial charge on any atom is -0.467 e. The molecule has 0 aliphatic rings. The quantitative estimate of drug-likeness (QED) is 0.629. The van der Waals surface area contributed by atoms with Gasteiger partial charge in [0.1, 0.15) is 5.56 Å². The van der Waals surface area contributed by atoms with Crippen molar-refractivity contribution in [2.75, 3.05) is 11.9 Å². The summed E-state index contributed by atoms with van der Waals surface area (Å²) in [4.78, 5) is 6.96. The first-order valence-corrected chi connectivity index (χ1v) is 8.08. The number of nitrogens with zero attached hydrogens (tertiary/aromatic N) is 2. The Bertz CT molecular complexity index is 744. The fraction of sp³-hybridized carbons (Fsp3) is 0.412. The van der Waals surface area contributed by atoms with Gasteiger partial charge in [0.2, 0.25) is 11.8 Å². The van der Waals surface area contributed by atoms with E-state index in [2.05, 4.69) is 26.9 Å². The Morgan fingerprint density at radius 1 is 1.04 bits per heavy atom. The summed E-state index contributed by atoms with van der Waals surface area (Å²) >= 11 is 0. The van der Waals surface area contributed by atoms with Crippen molar-refractivity contribution in [1.82, 2.24) is 9.97 Å². The highest BCUT2D eigenvalue weighted by atomic mass is 19.4. The van der Waals surface area contributed by atoms with Crippen LogP contribution in [0.2, 0.25) is 0 Å². The summed E-state index contributed by atoms with van der Waals surface area (Å²) in [6.45, 7) is 0.176. The maximum absolute atomic E-state index is 12.9. The number of anilines is 2. The number of benzene rings is 1. The van der Waals surface area contributed by atoms with Crippen molar-refractivity contribution in [3.05, 3.63) is 41.6 Å². The van der Waals surface area contributed by atoms with Crippen LogP contribution < -0.4 is 10.1 Å². The molecule has 0 amide bonds. The Balaban J connectivity index is 2.19. The molecule has 0 bridgehead atoms. The zero-order chi connectivity index (χ0) is 20.1. The molecule has 27 heavy (non-hydrogen) atoms. The van der Waals surface area contributed by atoms with Gasteiger partial charge in [-0.05, 0) is 30.5 Å². The van der Waals surface area contributed by atoms with Crippen LogP contribution in [0.4, 0.5) is 38.0 Å². The molecule has 2 rings (SSSR count). The highest BCUT2D eigenvalue weighted by Gasteiger charge is 2.38. The molecule has 0 aliphatic heterocycles. The van der Waals surface area contributed by atoms with Gasteiger partial charge in [-0.3, -0.25) is 0 Å². The van der Waals surface area contributed by atoms with E-state index in [1.807, 2.05) is 12.1 Å². The molecule has 0 unspecified atom stereocenters. The van der Waals surface area contributed by atoms with Crippen LogP contribution >= 0.6 is 0 Å². The lowest BCUT2D eigenvalue weighted by atomic mass is 10.1. The first-order chi connectivity index (χ1) is 12.6. The predicted molar refractivity (Wildman–Crippen MR) is 86.9 cm³/mol. The number of halogens is 6. The third kappa shape index (κ3) is 6.61. The van der Waals surface area contributed by atoms with Gasteiger partial charge in [-0.2, -0.15) is 31.3 Å². The van der Waals surface area contributed by atoms with Crippen LogP contribution in [0.5, 0.6) is 5.88 Å². The van der Waals surface area contributed by atoms with Gasteiger partial charge in [0, 0.05) is 11.9 Å². The molecule has 0 saturated heterocycles. The fourth-order valence-corrected chi connectivity index (χ4v) is 2.15. The van der Waals surface area contributed by atoms with Crippen LogP contribution in [0.25, 0.3) is 0 Å². The normalized spacial score (nSPS) is 12.1. The summed E-state index contributed by atoms with van der Waals surface area (Å²) in [6, 6.07) is 7.04. The molecular weight excluding hydrogens is 376 g/mol. The van der Waals surface area contributed by atoms with Gasteiger partial charge in [-0.15, -0.1) is 0 Å². The maximum atomic E-state index is 12.9. The monoisotopic (exact) mass is 393 g/mol. The Morgan fingerprint density at radius 2 is 1.70 bits per heavy atom. The van der Waals surface area contributed by atoms with Gasteiger partial charge >= 0.3 is 12.4 Å². The lowest BCUT2D eigenvalue weighted by molar-refractivity contribution is -0.159. The molecule has 1 aromatic heterocycles. The number of aromatic nitrogens is 2. The molecule has 148 valence electrons. The number of ether oxygens (including phenoxy) is 1. The Labute approximate surface area is 151 Å². The average Bonchev–Trinajstić information content (AvgIpc) is 2.58. The van der Waals surface area contributed by atoms with E-state index in [9.17, 15) is 26.3 Å². The standard InChI is InChI=1S/C17H17F6N3O/c1-2-3-4-11-5-7-12(8-6-11)25-15-24-9-13(17(21,22)23)14(26-15)27-10-16(18,19)20/h5-9H,2-4,10H2,1H3,(H,24,25,26). The number of alkyl halides is 6. The van der Waals surface area contributed by atoms with Gasteiger partial charge in [-0.25, -0.2) is 4.98 Å². The van der Waals surface area contributed by atoms with E-state index in [0.717, 1.165) is 24.8 Å². The fourth-order valence-electron chi connectivity index (χ4n) is 2.15. The number of unbranched alkanes of at least 4 members (excludes halogenated alkanes) is 1. The van der Waals surface area contributed by atoms with Gasteiger partial charge in [0.05, 0.1) is 0 Å². The highest BCUT2D eigenvalue weighted by molar-refractivity contribution is 5.54. The summed E-state index contributed by atoms with van der Waals surface area (Å²) in [6.07, 6.45) is -6.40. The second-order valence-corrected chi connectivity index (χ2v) is 5.74. The minimum atomic E-state index is -4.94. The molecule has 2 aromatic rings. The second-order valence-electron chi connectivity index (χ2n) is 5.74. The molecule has 1 heterocycles. The molecular formula is C17H17F6N3O. The topological polar surface area (TPSA) is 47.0 Å². The van der Waals surface area contributed by atoms with Gasteiger partial charge in [0.25, 0.3) is 0 Å². The molecule has 0 radical (unpaired) electrons. The smallest absolute Gasteiger partial charge is 0.423 e. The van der Waals surface area contributed by atoms with E-state index in [0.29, 0.717) is 11.9 Å². The maximum Gasteiger partial charge on any atom is 0.423 e. The molecule has 0 saturated carbocycles. The van der Waals surface area contributed by atoms with Crippen molar-refractivity contribution < 1.29 is 31.1 Å². The van der Waals surface area contributed by atoms with Crippen LogP contribution in [-0.4, -0.2) is 22.8 Å². The predicted octanol–water partition coefficient (Wildman–Crippen LogP) is 5.52. The van der Waals surface area contributed by atoms with Crippen molar-refractivity contribution >= 4 is 11.6 Å². The molecule has 1 N–H and O–H groups in total. The number of aryl methyl sites for hydroxylation is 1. The minimum absolute atomic E-state index is 0.304. The van der Waals surface area contributed by atoms with E-state index in [1.165, 1.54) is 0 Å². The summed E-state index contributed by atoms with van der Waals surface area (Å²) in [5, 5.41) is 2.65. The first-order valence-electron chi connectivity index (χ1n) is 8.08. The van der Waals surface area contributed by atoms with Crippen LogP contribution in [0.1, 0.15) is 30.9 Å². The van der Waals surface area contributed by atoms with E-state index < -0.39 is 30.4 Å². The molecule has 0 spiro atoms. The van der Waals surface area contributed by atoms with E-state index in [4.69, 9.17) is 0 Å². The SMILES string of the molecule is CCCCc1ccc(Nc2ncc(C(F)(F)F)c(OCC(F)(F)F)n2)cc1. The number of hydrogen-bond donors (Lipinski definition) is 1. The summed E-state index contributed by atoms with van der Waals surface area (Å²) in [7, 11) is 0. The average molecular weight is 393 g/mol. The number of rotatable bonds is 7. The Kier molecular flexibility index (Phi) is 6.50.